The van der Waals surface area contributed by atoms with Gasteiger partial charge in [0, 0.05) is 18.9 Å². The standard InChI is InChI=1S/C19H20N6O2/c1-3-7-20-13(5-1)9-22-16-11-26-19-17(12-27-18(16)19)25-10-15(23-24-25)14-6-2-4-8-21-14/h1-8,10,16-19,22H,9,11-12H2. The second-order valence-corrected chi connectivity index (χ2v) is 6.77. The molecule has 4 unspecified atom stereocenters. The van der Waals surface area contributed by atoms with Gasteiger partial charge in [0.05, 0.1) is 36.8 Å². The van der Waals surface area contributed by atoms with Crippen molar-refractivity contribution in [2.45, 2.75) is 30.8 Å². The Morgan fingerprint density at radius 3 is 2.63 bits per heavy atom. The molecule has 2 aliphatic heterocycles. The van der Waals surface area contributed by atoms with E-state index in [0.717, 1.165) is 17.1 Å². The summed E-state index contributed by atoms with van der Waals surface area (Å²) in [6, 6.07) is 11.8. The normalized spacial score (nSPS) is 27.0. The first-order chi connectivity index (χ1) is 13.4. The van der Waals surface area contributed by atoms with Gasteiger partial charge in [-0.3, -0.25) is 9.97 Å². The van der Waals surface area contributed by atoms with E-state index in [0.29, 0.717) is 19.8 Å². The van der Waals surface area contributed by atoms with Gasteiger partial charge in [0.25, 0.3) is 0 Å². The van der Waals surface area contributed by atoms with Crippen molar-refractivity contribution in [2.75, 3.05) is 13.2 Å². The molecule has 4 atom stereocenters. The van der Waals surface area contributed by atoms with Crippen LogP contribution in [-0.2, 0) is 16.0 Å². The van der Waals surface area contributed by atoms with E-state index in [4.69, 9.17) is 9.47 Å². The number of aromatic nitrogens is 5. The molecule has 0 spiro atoms. The van der Waals surface area contributed by atoms with Crippen LogP contribution in [0.2, 0.25) is 0 Å². The zero-order valence-corrected chi connectivity index (χ0v) is 14.7. The zero-order valence-electron chi connectivity index (χ0n) is 14.7. The molecule has 0 saturated carbocycles. The number of rotatable bonds is 5. The lowest BCUT2D eigenvalue weighted by Crippen LogP contribution is -2.40. The van der Waals surface area contributed by atoms with Crippen LogP contribution in [0.3, 0.4) is 0 Å². The summed E-state index contributed by atoms with van der Waals surface area (Å²) in [6.07, 6.45) is 5.43. The van der Waals surface area contributed by atoms with Crippen LogP contribution in [0, 0.1) is 0 Å². The van der Waals surface area contributed by atoms with E-state index >= 15 is 0 Å². The third kappa shape index (κ3) is 3.23. The van der Waals surface area contributed by atoms with Gasteiger partial charge < -0.3 is 14.8 Å². The van der Waals surface area contributed by atoms with Crippen molar-refractivity contribution in [1.29, 1.82) is 0 Å². The second kappa shape index (κ2) is 7.15. The van der Waals surface area contributed by atoms with Crippen LogP contribution >= 0.6 is 0 Å². The molecule has 27 heavy (non-hydrogen) atoms. The van der Waals surface area contributed by atoms with Crippen LogP contribution < -0.4 is 5.32 Å². The maximum Gasteiger partial charge on any atom is 0.131 e. The summed E-state index contributed by atoms with van der Waals surface area (Å²) < 4.78 is 13.9. The van der Waals surface area contributed by atoms with Crippen molar-refractivity contribution in [1.82, 2.24) is 30.3 Å². The lowest BCUT2D eigenvalue weighted by atomic mass is 10.1. The molecule has 8 nitrogen and oxygen atoms in total. The molecular formula is C19H20N6O2. The molecule has 2 aliphatic rings. The van der Waals surface area contributed by atoms with Crippen molar-refractivity contribution in [3.8, 4) is 11.4 Å². The molecule has 5 rings (SSSR count). The molecule has 0 bridgehead atoms. The third-order valence-corrected chi connectivity index (χ3v) is 5.08. The number of hydrogen-bond donors (Lipinski definition) is 1. The van der Waals surface area contributed by atoms with E-state index in [-0.39, 0.29) is 24.3 Å². The van der Waals surface area contributed by atoms with Gasteiger partial charge in [-0.25, -0.2) is 4.68 Å². The van der Waals surface area contributed by atoms with Gasteiger partial charge in [-0.2, -0.15) is 0 Å². The van der Waals surface area contributed by atoms with Crippen LogP contribution in [0.15, 0.2) is 55.0 Å². The monoisotopic (exact) mass is 364 g/mol. The van der Waals surface area contributed by atoms with Crippen LogP contribution in [0.4, 0.5) is 0 Å². The smallest absolute Gasteiger partial charge is 0.131 e. The van der Waals surface area contributed by atoms with Crippen LogP contribution in [-0.4, -0.2) is 56.4 Å². The maximum atomic E-state index is 6.05. The molecular weight excluding hydrogens is 344 g/mol. The summed E-state index contributed by atoms with van der Waals surface area (Å²) in [5.41, 5.74) is 2.56. The summed E-state index contributed by atoms with van der Waals surface area (Å²) >= 11 is 0. The van der Waals surface area contributed by atoms with E-state index in [9.17, 15) is 0 Å². The van der Waals surface area contributed by atoms with Gasteiger partial charge in [0.2, 0.25) is 0 Å². The number of pyridine rings is 2. The Hall–Kier alpha value is -2.68. The van der Waals surface area contributed by atoms with Crippen LogP contribution in [0.25, 0.3) is 11.4 Å². The first-order valence-corrected chi connectivity index (χ1v) is 9.08. The van der Waals surface area contributed by atoms with Gasteiger partial charge in [0.1, 0.15) is 23.9 Å². The van der Waals surface area contributed by atoms with Crippen molar-refractivity contribution in [3.63, 3.8) is 0 Å². The van der Waals surface area contributed by atoms with Crippen LogP contribution in [0.5, 0.6) is 0 Å². The zero-order chi connectivity index (χ0) is 18.1. The van der Waals surface area contributed by atoms with E-state index in [1.165, 1.54) is 0 Å². The Labute approximate surface area is 156 Å². The van der Waals surface area contributed by atoms with E-state index in [1.54, 1.807) is 12.4 Å². The van der Waals surface area contributed by atoms with E-state index in [1.807, 2.05) is 47.3 Å². The topological polar surface area (TPSA) is 87.0 Å². The molecule has 1 N–H and O–H groups in total. The predicted octanol–water partition coefficient (Wildman–Crippen LogP) is 1.23. The number of fused-ring (bicyclic) bond motifs is 1. The molecule has 138 valence electrons. The Bertz CT molecular complexity index is 887. The van der Waals surface area contributed by atoms with Gasteiger partial charge in [-0.15, -0.1) is 5.10 Å². The number of ether oxygens (including phenoxy) is 2. The highest BCUT2D eigenvalue weighted by Gasteiger charge is 2.48. The molecule has 3 aromatic rings. The number of hydrogen-bond acceptors (Lipinski definition) is 7. The highest BCUT2D eigenvalue weighted by atomic mass is 16.6. The quantitative estimate of drug-likeness (QED) is 0.729. The fourth-order valence-corrected chi connectivity index (χ4v) is 3.69. The van der Waals surface area contributed by atoms with Gasteiger partial charge in [-0.05, 0) is 24.3 Å². The maximum absolute atomic E-state index is 6.05. The third-order valence-electron chi connectivity index (χ3n) is 5.08. The summed E-state index contributed by atoms with van der Waals surface area (Å²) in [7, 11) is 0. The largest absolute Gasteiger partial charge is 0.371 e. The fourth-order valence-electron chi connectivity index (χ4n) is 3.69. The summed E-state index contributed by atoms with van der Waals surface area (Å²) in [5, 5.41) is 12.1. The molecule has 0 amide bonds. The second-order valence-electron chi connectivity index (χ2n) is 6.77. The lowest BCUT2D eigenvalue weighted by molar-refractivity contribution is 0.0619. The van der Waals surface area contributed by atoms with Crippen molar-refractivity contribution in [2.24, 2.45) is 0 Å². The SMILES string of the molecule is c1ccc(CNC2COC3C2OCC3n2cc(-c3ccccn3)nn2)nc1. The van der Waals surface area contributed by atoms with E-state index in [2.05, 4.69) is 25.6 Å². The molecule has 0 radical (unpaired) electrons. The van der Waals surface area contributed by atoms with Crippen molar-refractivity contribution < 1.29 is 9.47 Å². The predicted molar refractivity (Wildman–Crippen MR) is 96.6 cm³/mol. The van der Waals surface area contributed by atoms with Gasteiger partial charge >= 0.3 is 0 Å². The molecule has 0 aliphatic carbocycles. The molecule has 2 saturated heterocycles. The highest BCUT2D eigenvalue weighted by molar-refractivity contribution is 5.51. The number of nitrogens with zero attached hydrogens (tertiary/aromatic N) is 5. The van der Waals surface area contributed by atoms with E-state index < -0.39 is 0 Å². The average Bonchev–Trinajstić information content (AvgIpc) is 3.44. The van der Waals surface area contributed by atoms with Crippen LogP contribution in [0.1, 0.15) is 11.7 Å². The van der Waals surface area contributed by atoms with Gasteiger partial charge in [-0.1, -0.05) is 17.3 Å². The van der Waals surface area contributed by atoms with Crippen molar-refractivity contribution in [3.05, 3.63) is 60.7 Å². The Balaban J connectivity index is 1.26. The Morgan fingerprint density at radius 2 is 1.81 bits per heavy atom. The first-order valence-electron chi connectivity index (χ1n) is 9.08. The average molecular weight is 364 g/mol. The molecule has 2 fully saturated rings. The lowest BCUT2D eigenvalue weighted by Gasteiger charge is -2.17. The number of nitrogens with one attached hydrogen (secondary N) is 1. The summed E-state index contributed by atoms with van der Waals surface area (Å²) in [5.74, 6) is 0. The molecule has 3 aromatic heterocycles. The fraction of sp³-hybridized carbons (Fsp3) is 0.368. The summed E-state index contributed by atoms with van der Waals surface area (Å²) in [4.78, 5) is 8.67. The minimum absolute atomic E-state index is 0.00112. The molecule has 8 heteroatoms. The Morgan fingerprint density at radius 1 is 0.963 bits per heavy atom. The minimum atomic E-state index is -0.0375. The molecule has 5 heterocycles. The van der Waals surface area contributed by atoms with Gasteiger partial charge in [0.15, 0.2) is 0 Å². The Kier molecular flexibility index (Phi) is 4.36. The first kappa shape index (κ1) is 16.5. The minimum Gasteiger partial charge on any atom is -0.371 e. The van der Waals surface area contributed by atoms with Crippen molar-refractivity contribution >= 4 is 0 Å². The summed E-state index contributed by atoms with van der Waals surface area (Å²) in [6.45, 7) is 1.86. The highest BCUT2D eigenvalue weighted by Crippen LogP contribution is 2.34. The molecule has 0 aromatic carbocycles.